The van der Waals surface area contributed by atoms with E-state index in [-0.39, 0.29) is 5.91 Å². The van der Waals surface area contributed by atoms with Crippen molar-refractivity contribution in [1.82, 2.24) is 10.3 Å². The van der Waals surface area contributed by atoms with E-state index >= 15 is 0 Å². The number of carbonyl (C=O) groups excluding carboxylic acids is 3. The maximum atomic E-state index is 12.7. The Morgan fingerprint density at radius 2 is 1.82 bits per heavy atom. The fourth-order valence-electron chi connectivity index (χ4n) is 2.76. The Labute approximate surface area is 197 Å². The Balaban J connectivity index is 1.90. The van der Waals surface area contributed by atoms with Crippen LogP contribution in [-0.2, 0) is 9.53 Å². The van der Waals surface area contributed by atoms with Gasteiger partial charge in [0.2, 0.25) is 5.91 Å². The number of ether oxygens (including phenoxy) is 1. The number of rotatable bonds is 9. The number of nitrogen functional groups attached to an aromatic ring is 1. The number of hydrogen-bond acceptors (Lipinski definition) is 8. The van der Waals surface area contributed by atoms with Crippen molar-refractivity contribution in [3.63, 3.8) is 0 Å². The average molecular weight is 477 g/mol. The molecule has 1 aromatic carbocycles. The number of unbranched alkanes of at least 4 members (excludes halogenated alkanes) is 1. The molecule has 0 saturated carbocycles. The fraction of sp³-hybridized carbons (Fsp3) is 0.455. The Bertz CT molecular complexity index is 980. The van der Waals surface area contributed by atoms with Crippen molar-refractivity contribution in [2.45, 2.75) is 53.1 Å². The van der Waals surface area contributed by atoms with Crippen LogP contribution in [0.3, 0.4) is 0 Å². The second-order valence-electron chi connectivity index (χ2n) is 8.43. The number of aromatic nitrogens is 1. The number of nitrogens with zero attached hydrogens (tertiary/aromatic N) is 1. The minimum Gasteiger partial charge on any atom is -0.444 e. The summed E-state index contributed by atoms with van der Waals surface area (Å²) in [5, 5.41) is 12.3. The minimum atomic E-state index is -0.521. The maximum Gasteiger partial charge on any atom is 0.407 e. The molecule has 2 aromatic rings. The molecule has 33 heavy (non-hydrogen) atoms. The highest BCUT2D eigenvalue weighted by molar-refractivity contribution is 7.19. The van der Waals surface area contributed by atoms with Crippen LogP contribution in [0.4, 0.5) is 26.3 Å². The molecule has 6 N–H and O–H groups in total. The predicted octanol–water partition coefficient (Wildman–Crippen LogP) is 3.96. The molecule has 0 spiro atoms. The molecule has 11 heteroatoms. The molecule has 0 bridgehead atoms. The van der Waals surface area contributed by atoms with Gasteiger partial charge in [0.15, 0.2) is 5.13 Å². The summed E-state index contributed by atoms with van der Waals surface area (Å²) >= 11 is 1.18. The Morgan fingerprint density at radius 3 is 2.42 bits per heavy atom. The highest BCUT2D eigenvalue weighted by atomic mass is 32.1. The van der Waals surface area contributed by atoms with Gasteiger partial charge in [-0.3, -0.25) is 14.9 Å². The molecule has 0 aliphatic rings. The van der Waals surface area contributed by atoms with Gasteiger partial charge in [0.1, 0.15) is 10.6 Å². The number of carbonyl (C=O) groups is 3. The second kappa shape index (κ2) is 11.5. The average Bonchev–Trinajstić information content (AvgIpc) is 2.99. The van der Waals surface area contributed by atoms with E-state index in [1.165, 1.54) is 18.3 Å². The lowest BCUT2D eigenvalue weighted by Gasteiger charge is -2.19. The third-order valence-corrected chi connectivity index (χ3v) is 5.13. The monoisotopic (exact) mass is 476 g/mol. The van der Waals surface area contributed by atoms with Crippen LogP contribution in [0.5, 0.6) is 0 Å². The highest BCUT2D eigenvalue weighted by Gasteiger charge is 2.17. The quantitative estimate of drug-likeness (QED) is 0.344. The molecule has 0 saturated heterocycles. The highest BCUT2D eigenvalue weighted by Crippen LogP contribution is 2.27. The number of hydrogen-bond donors (Lipinski definition) is 5. The van der Waals surface area contributed by atoms with Crippen molar-refractivity contribution in [2.75, 3.05) is 34.8 Å². The lowest BCUT2D eigenvalue weighted by molar-refractivity contribution is -0.114. The first-order valence-corrected chi connectivity index (χ1v) is 11.4. The van der Waals surface area contributed by atoms with E-state index in [1.807, 2.05) is 20.8 Å². The number of amides is 3. The van der Waals surface area contributed by atoms with E-state index in [9.17, 15) is 14.4 Å². The van der Waals surface area contributed by atoms with E-state index in [0.717, 1.165) is 18.5 Å². The molecule has 0 radical (unpaired) electrons. The third-order valence-electron chi connectivity index (χ3n) is 4.23. The zero-order valence-electron chi connectivity index (χ0n) is 19.6. The topological polar surface area (TPSA) is 147 Å². The van der Waals surface area contributed by atoms with Gasteiger partial charge in [-0.2, -0.15) is 0 Å². The number of aryl methyl sites for hydroxylation is 1. The normalized spacial score (nSPS) is 10.9. The van der Waals surface area contributed by atoms with E-state index in [2.05, 4.69) is 26.3 Å². The lowest BCUT2D eigenvalue weighted by Crippen LogP contribution is -2.33. The first kappa shape index (κ1) is 25.9. The summed E-state index contributed by atoms with van der Waals surface area (Å²) in [5.41, 5.74) is 7.38. The molecule has 0 aliphatic heterocycles. The summed E-state index contributed by atoms with van der Waals surface area (Å²) in [7, 11) is 0. The van der Waals surface area contributed by atoms with Crippen molar-refractivity contribution in [1.29, 1.82) is 0 Å². The Kier molecular flexibility index (Phi) is 9.03. The molecule has 1 aromatic heterocycles. The van der Waals surface area contributed by atoms with Crippen molar-refractivity contribution >= 4 is 50.8 Å². The van der Waals surface area contributed by atoms with Crippen molar-refractivity contribution in [2.24, 2.45) is 0 Å². The van der Waals surface area contributed by atoms with Crippen LogP contribution >= 0.6 is 11.3 Å². The Hall–Kier alpha value is -3.34. The summed E-state index contributed by atoms with van der Waals surface area (Å²) < 4.78 is 5.19. The summed E-state index contributed by atoms with van der Waals surface area (Å²) in [6.07, 6.45) is 1.14. The van der Waals surface area contributed by atoms with E-state index in [4.69, 9.17) is 10.5 Å². The molecule has 0 aliphatic carbocycles. The van der Waals surface area contributed by atoms with Gasteiger partial charge in [-0.25, -0.2) is 9.78 Å². The van der Waals surface area contributed by atoms with Crippen LogP contribution in [0.25, 0.3) is 0 Å². The number of benzene rings is 1. The molecule has 0 atom stereocenters. The summed E-state index contributed by atoms with van der Waals surface area (Å²) in [6, 6.07) is 5.11. The van der Waals surface area contributed by atoms with Gasteiger partial charge >= 0.3 is 6.09 Å². The zero-order chi connectivity index (χ0) is 24.6. The van der Waals surface area contributed by atoms with Gasteiger partial charge in [0.25, 0.3) is 5.91 Å². The first-order valence-electron chi connectivity index (χ1n) is 10.6. The van der Waals surface area contributed by atoms with E-state index in [1.54, 1.807) is 25.1 Å². The van der Waals surface area contributed by atoms with E-state index in [0.29, 0.717) is 40.2 Å². The lowest BCUT2D eigenvalue weighted by atomic mass is 10.1. The van der Waals surface area contributed by atoms with Crippen LogP contribution in [0.2, 0.25) is 0 Å². The first-order chi connectivity index (χ1) is 15.4. The molecule has 180 valence electrons. The second-order valence-corrected chi connectivity index (χ2v) is 9.46. The summed E-state index contributed by atoms with van der Waals surface area (Å²) in [6.45, 7) is 9.75. The molecular weight excluding hydrogens is 444 g/mol. The SMILES string of the molecule is CC(=O)Nc1cc(NCCCCNC(=O)OC(C)(C)C)ccc1C(=O)Nc1nc(C)c(N)s1. The largest absolute Gasteiger partial charge is 0.444 e. The van der Waals surface area contributed by atoms with Crippen molar-refractivity contribution < 1.29 is 19.1 Å². The van der Waals surface area contributed by atoms with Gasteiger partial charge in [0.05, 0.1) is 16.9 Å². The van der Waals surface area contributed by atoms with Gasteiger partial charge in [-0.1, -0.05) is 11.3 Å². The van der Waals surface area contributed by atoms with Crippen LogP contribution < -0.4 is 27.0 Å². The van der Waals surface area contributed by atoms with Crippen molar-refractivity contribution in [3.05, 3.63) is 29.5 Å². The van der Waals surface area contributed by atoms with Crippen LogP contribution in [0, 0.1) is 6.92 Å². The van der Waals surface area contributed by atoms with Gasteiger partial charge < -0.3 is 26.4 Å². The molecule has 2 rings (SSSR count). The smallest absolute Gasteiger partial charge is 0.407 e. The molecule has 0 fully saturated rings. The third kappa shape index (κ3) is 8.97. The number of nitrogens with two attached hydrogens (primary N) is 1. The molecule has 1 heterocycles. The van der Waals surface area contributed by atoms with Gasteiger partial charge in [0, 0.05) is 25.7 Å². The summed E-state index contributed by atoms with van der Waals surface area (Å²) in [5.74, 6) is -0.684. The molecule has 3 amide bonds. The maximum absolute atomic E-state index is 12.7. The summed E-state index contributed by atoms with van der Waals surface area (Å²) in [4.78, 5) is 40.2. The van der Waals surface area contributed by atoms with Crippen LogP contribution in [0.15, 0.2) is 18.2 Å². The predicted molar refractivity (Wildman–Crippen MR) is 132 cm³/mol. The number of nitrogens with one attached hydrogen (secondary N) is 4. The van der Waals surface area contributed by atoms with Crippen LogP contribution in [0.1, 0.15) is 56.6 Å². The zero-order valence-corrected chi connectivity index (χ0v) is 20.4. The standard InChI is InChI=1S/C22H32N6O4S/c1-13-18(23)33-20(26-13)28-19(30)16-9-8-15(12-17(16)27-14(2)29)24-10-6-7-11-25-21(31)32-22(3,4)5/h8-9,12,24H,6-7,10-11,23H2,1-5H3,(H,25,31)(H,27,29)(H,26,28,30). The molecule has 10 nitrogen and oxygen atoms in total. The number of alkyl carbamates (subject to hydrolysis) is 1. The van der Waals surface area contributed by atoms with Gasteiger partial charge in [-0.05, 0) is 58.7 Å². The number of thiazole rings is 1. The van der Waals surface area contributed by atoms with E-state index < -0.39 is 17.6 Å². The fourth-order valence-corrected chi connectivity index (χ4v) is 3.49. The minimum absolute atomic E-state index is 0.288. The number of anilines is 4. The molecular formula is C22H32N6O4S. The molecule has 0 unspecified atom stereocenters. The van der Waals surface area contributed by atoms with Gasteiger partial charge in [-0.15, -0.1) is 0 Å². The Morgan fingerprint density at radius 1 is 1.12 bits per heavy atom. The van der Waals surface area contributed by atoms with Crippen molar-refractivity contribution in [3.8, 4) is 0 Å². The van der Waals surface area contributed by atoms with Crippen LogP contribution in [-0.4, -0.2) is 41.6 Å².